The molecule has 0 saturated carbocycles. The van der Waals surface area contributed by atoms with Gasteiger partial charge in [0, 0.05) is 43.8 Å². The molecular formula is C22H26N4. The zero-order chi connectivity index (χ0) is 18.4. The molecule has 0 amide bonds. The van der Waals surface area contributed by atoms with Crippen molar-refractivity contribution in [2.45, 2.75) is 40.0 Å². The largest absolute Gasteiger partial charge is 0.290 e. The number of pyridine rings is 1. The summed E-state index contributed by atoms with van der Waals surface area (Å²) in [6.45, 7) is 11.4. The zero-order valence-electron chi connectivity index (χ0n) is 15.6. The standard InChI is InChI=1S/C22H26N4/c1-4-13-26-17-22(19(3)24-26)16-25(15-21-9-11-23-12-10-21)14-20-7-5-18(2)6-8-20/h4-12,17H,1,13-16H2,2-3H3. The molecule has 4 nitrogen and oxygen atoms in total. The summed E-state index contributed by atoms with van der Waals surface area (Å²) in [5, 5.41) is 4.59. The minimum Gasteiger partial charge on any atom is -0.290 e. The third kappa shape index (κ3) is 4.90. The minimum absolute atomic E-state index is 0.739. The normalized spacial score (nSPS) is 11.0. The molecule has 0 atom stereocenters. The van der Waals surface area contributed by atoms with Gasteiger partial charge in [0.2, 0.25) is 0 Å². The monoisotopic (exact) mass is 346 g/mol. The number of allylic oxidation sites excluding steroid dienone is 1. The molecule has 0 unspecified atom stereocenters. The van der Waals surface area contributed by atoms with Crippen molar-refractivity contribution in [3.8, 4) is 0 Å². The molecule has 0 bridgehead atoms. The van der Waals surface area contributed by atoms with Gasteiger partial charge in [-0.2, -0.15) is 5.10 Å². The molecule has 3 aromatic rings. The predicted molar refractivity (Wildman–Crippen MR) is 106 cm³/mol. The van der Waals surface area contributed by atoms with Gasteiger partial charge in [0.25, 0.3) is 0 Å². The molecule has 0 aliphatic carbocycles. The van der Waals surface area contributed by atoms with Gasteiger partial charge in [-0.05, 0) is 37.1 Å². The molecule has 0 saturated heterocycles. The smallest absolute Gasteiger partial charge is 0.0638 e. The Morgan fingerprint density at radius 3 is 2.27 bits per heavy atom. The Balaban J connectivity index is 1.79. The van der Waals surface area contributed by atoms with E-state index in [0.717, 1.165) is 31.9 Å². The van der Waals surface area contributed by atoms with Crippen molar-refractivity contribution in [2.24, 2.45) is 0 Å². The Hall–Kier alpha value is -2.72. The topological polar surface area (TPSA) is 34.0 Å². The van der Waals surface area contributed by atoms with Gasteiger partial charge in [-0.1, -0.05) is 35.9 Å². The molecular weight excluding hydrogens is 320 g/mol. The summed E-state index contributed by atoms with van der Waals surface area (Å²) in [5.74, 6) is 0. The average molecular weight is 346 g/mol. The van der Waals surface area contributed by atoms with E-state index in [2.05, 4.69) is 78.0 Å². The fourth-order valence-corrected chi connectivity index (χ4v) is 3.05. The van der Waals surface area contributed by atoms with Crippen LogP contribution in [0, 0.1) is 13.8 Å². The highest BCUT2D eigenvalue weighted by Crippen LogP contribution is 2.16. The van der Waals surface area contributed by atoms with Gasteiger partial charge in [0.05, 0.1) is 12.2 Å². The first-order valence-corrected chi connectivity index (χ1v) is 8.94. The van der Waals surface area contributed by atoms with Gasteiger partial charge in [-0.15, -0.1) is 6.58 Å². The number of aryl methyl sites for hydroxylation is 2. The van der Waals surface area contributed by atoms with E-state index >= 15 is 0 Å². The van der Waals surface area contributed by atoms with Crippen LogP contribution in [-0.4, -0.2) is 19.7 Å². The third-order valence-electron chi connectivity index (χ3n) is 4.44. The van der Waals surface area contributed by atoms with E-state index < -0.39 is 0 Å². The van der Waals surface area contributed by atoms with Crippen molar-refractivity contribution in [2.75, 3.05) is 0 Å². The zero-order valence-corrected chi connectivity index (χ0v) is 15.6. The SMILES string of the molecule is C=CCn1cc(CN(Cc2ccncc2)Cc2ccc(C)cc2)c(C)n1. The molecule has 26 heavy (non-hydrogen) atoms. The molecule has 0 spiro atoms. The van der Waals surface area contributed by atoms with E-state index in [4.69, 9.17) is 0 Å². The molecule has 0 N–H and O–H groups in total. The molecule has 0 aliphatic rings. The summed E-state index contributed by atoms with van der Waals surface area (Å²) in [5.41, 5.74) is 6.21. The summed E-state index contributed by atoms with van der Waals surface area (Å²) in [6.07, 6.45) is 7.71. The summed E-state index contributed by atoms with van der Waals surface area (Å²) in [4.78, 5) is 6.57. The minimum atomic E-state index is 0.739. The number of benzene rings is 1. The Bertz CT molecular complexity index is 834. The van der Waals surface area contributed by atoms with Gasteiger partial charge in [-0.3, -0.25) is 14.6 Å². The summed E-state index contributed by atoms with van der Waals surface area (Å²) >= 11 is 0. The highest BCUT2D eigenvalue weighted by atomic mass is 15.3. The van der Waals surface area contributed by atoms with Crippen LogP contribution in [0.3, 0.4) is 0 Å². The van der Waals surface area contributed by atoms with E-state index in [9.17, 15) is 0 Å². The quantitative estimate of drug-likeness (QED) is 0.571. The Morgan fingerprint density at radius 1 is 0.962 bits per heavy atom. The van der Waals surface area contributed by atoms with Crippen LogP contribution < -0.4 is 0 Å². The number of aromatic nitrogens is 3. The van der Waals surface area contributed by atoms with Crippen LogP contribution in [0.1, 0.15) is 27.9 Å². The van der Waals surface area contributed by atoms with Crippen molar-refractivity contribution in [3.63, 3.8) is 0 Å². The second-order valence-electron chi connectivity index (χ2n) is 6.74. The predicted octanol–water partition coefficient (Wildman–Crippen LogP) is 4.28. The van der Waals surface area contributed by atoms with E-state index in [-0.39, 0.29) is 0 Å². The van der Waals surface area contributed by atoms with E-state index in [0.29, 0.717) is 0 Å². The van der Waals surface area contributed by atoms with Crippen molar-refractivity contribution in [1.29, 1.82) is 0 Å². The Kier molecular flexibility index (Phi) is 5.97. The van der Waals surface area contributed by atoms with Gasteiger partial charge in [0.15, 0.2) is 0 Å². The maximum atomic E-state index is 4.59. The van der Waals surface area contributed by atoms with Gasteiger partial charge in [-0.25, -0.2) is 0 Å². The van der Waals surface area contributed by atoms with E-state index in [1.165, 1.54) is 22.3 Å². The van der Waals surface area contributed by atoms with Crippen LogP contribution in [0.25, 0.3) is 0 Å². The van der Waals surface area contributed by atoms with Crippen LogP contribution in [0.15, 0.2) is 67.6 Å². The summed E-state index contributed by atoms with van der Waals surface area (Å²) in [7, 11) is 0. The lowest BCUT2D eigenvalue weighted by molar-refractivity contribution is 0.247. The molecule has 0 radical (unpaired) electrons. The molecule has 2 heterocycles. The van der Waals surface area contributed by atoms with Crippen molar-refractivity contribution < 1.29 is 0 Å². The van der Waals surface area contributed by atoms with E-state index in [1.807, 2.05) is 23.2 Å². The third-order valence-corrected chi connectivity index (χ3v) is 4.44. The molecule has 1 aromatic carbocycles. The molecule has 3 rings (SSSR count). The van der Waals surface area contributed by atoms with Crippen LogP contribution in [0.4, 0.5) is 0 Å². The van der Waals surface area contributed by atoms with E-state index in [1.54, 1.807) is 0 Å². The lowest BCUT2D eigenvalue weighted by atomic mass is 10.1. The molecule has 0 fully saturated rings. The van der Waals surface area contributed by atoms with Crippen molar-refractivity contribution >= 4 is 0 Å². The maximum absolute atomic E-state index is 4.59. The van der Waals surface area contributed by atoms with Gasteiger partial charge < -0.3 is 0 Å². The van der Waals surface area contributed by atoms with Crippen LogP contribution >= 0.6 is 0 Å². The summed E-state index contributed by atoms with van der Waals surface area (Å²) < 4.78 is 1.95. The fraction of sp³-hybridized carbons (Fsp3) is 0.273. The number of hydrogen-bond donors (Lipinski definition) is 0. The first-order valence-electron chi connectivity index (χ1n) is 8.94. The molecule has 0 aliphatic heterocycles. The Labute approximate surface area is 155 Å². The average Bonchev–Trinajstić information content (AvgIpc) is 2.97. The lowest BCUT2D eigenvalue weighted by Gasteiger charge is -2.22. The second-order valence-corrected chi connectivity index (χ2v) is 6.74. The molecule has 4 heteroatoms. The van der Waals surface area contributed by atoms with Crippen LogP contribution in [-0.2, 0) is 26.2 Å². The summed E-state index contributed by atoms with van der Waals surface area (Å²) in [6, 6.07) is 12.9. The first-order chi connectivity index (χ1) is 12.6. The second kappa shape index (κ2) is 8.59. The highest BCUT2D eigenvalue weighted by molar-refractivity contribution is 5.22. The highest BCUT2D eigenvalue weighted by Gasteiger charge is 2.12. The van der Waals surface area contributed by atoms with Gasteiger partial charge >= 0.3 is 0 Å². The molecule has 134 valence electrons. The maximum Gasteiger partial charge on any atom is 0.0638 e. The first kappa shape index (κ1) is 18.1. The van der Waals surface area contributed by atoms with Crippen molar-refractivity contribution in [1.82, 2.24) is 19.7 Å². The molecule has 2 aromatic heterocycles. The number of nitrogens with zero attached hydrogens (tertiary/aromatic N) is 4. The van der Waals surface area contributed by atoms with Crippen molar-refractivity contribution in [3.05, 3.63) is 95.6 Å². The lowest BCUT2D eigenvalue weighted by Crippen LogP contribution is -2.22. The number of rotatable bonds is 8. The Morgan fingerprint density at radius 2 is 1.62 bits per heavy atom. The fourth-order valence-electron chi connectivity index (χ4n) is 3.05. The van der Waals surface area contributed by atoms with Crippen LogP contribution in [0.5, 0.6) is 0 Å². The van der Waals surface area contributed by atoms with Gasteiger partial charge in [0.1, 0.15) is 0 Å². The van der Waals surface area contributed by atoms with Crippen LogP contribution in [0.2, 0.25) is 0 Å². The number of hydrogen-bond acceptors (Lipinski definition) is 3.